The maximum atomic E-state index is 13.5. The van der Waals surface area contributed by atoms with Gasteiger partial charge in [0, 0.05) is 31.7 Å². The highest BCUT2D eigenvalue weighted by Crippen LogP contribution is 2.29. The second-order valence-corrected chi connectivity index (χ2v) is 8.98. The first-order chi connectivity index (χ1) is 14.7. The molecule has 0 spiro atoms. The van der Waals surface area contributed by atoms with E-state index in [1.165, 1.54) is 46.8 Å². The van der Waals surface area contributed by atoms with Gasteiger partial charge < -0.3 is 15.5 Å². The zero-order chi connectivity index (χ0) is 22.6. The van der Waals surface area contributed by atoms with Crippen molar-refractivity contribution >= 4 is 38.9 Å². The van der Waals surface area contributed by atoms with Gasteiger partial charge in [0.2, 0.25) is 21.8 Å². The molecule has 2 aromatic rings. The molecule has 1 aliphatic rings. The van der Waals surface area contributed by atoms with Gasteiger partial charge in [-0.25, -0.2) is 12.8 Å². The SMILES string of the molecule is CCN(CC)S(=O)(=O)c1ccc(NC(=O)CN2CCC(=O)Nc3cc(F)ccc32)cc1. The molecule has 10 heteroatoms. The Bertz CT molecular complexity index is 1070. The average molecular weight is 449 g/mol. The van der Waals surface area contributed by atoms with Crippen molar-refractivity contribution in [2.45, 2.75) is 25.2 Å². The second kappa shape index (κ2) is 9.44. The number of rotatable bonds is 7. The van der Waals surface area contributed by atoms with E-state index in [2.05, 4.69) is 10.6 Å². The van der Waals surface area contributed by atoms with Gasteiger partial charge in [0.05, 0.1) is 22.8 Å². The van der Waals surface area contributed by atoms with Gasteiger partial charge >= 0.3 is 0 Å². The van der Waals surface area contributed by atoms with Crippen LogP contribution in [0.3, 0.4) is 0 Å². The molecule has 1 heterocycles. The van der Waals surface area contributed by atoms with Gasteiger partial charge in [-0.15, -0.1) is 0 Å². The van der Waals surface area contributed by atoms with Crippen LogP contribution in [0.2, 0.25) is 0 Å². The summed E-state index contributed by atoms with van der Waals surface area (Å²) in [7, 11) is -3.57. The topological polar surface area (TPSA) is 98.8 Å². The number of amides is 2. The summed E-state index contributed by atoms with van der Waals surface area (Å²) in [5, 5.41) is 5.37. The van der Waals surface area contributed by atoms with Crippen molar-refractivity contribution in [3.05, 3.63) is 48.3 Å². The lowest BCUT2D eigenvalue weighted by atomic mass is 10.2. The number of nitrogens with zero attached hydrogens (tertiary/aromatic N) is 2. The lowest BCUT2D eigenvalue weighted by Gasteiger charge is -2.23. The molecule has 1 aliphatic heterocycles. The molecule has 0 aromatic heterocycles. The number of nitrogens with one attached hydrogen (secondary N) is 2. The van der Waals surface area contributed by atoms with E-state index in [1.807, 2.05) is 0 Å². The third-order valence-corrected chi connectivity index (χ3v) is 7.06. The minimum atomic E-state index is -3.57. The van der Waals surface area contributed by atoms with E-state index in [0.717, 1.165) is 0 Å². The summed E-state index contributed by atoms with van der Waals surface area (Å²) in [6.07, 6.45) is 0.168. The summed E-state index contributed by atoms with van der Waals surface area (Å²) in [6.45, 7) is 4.54. The van der Waals surface area contributed by atoms with Crippen LogP contribution in [0.15, 0.2) is 47.4 Å². The summed E-state index contributed by atoms with van der Waals surface area (Å²) in [4.78, 5) is 26.3. The molecule has 0 bridgehead atoms. The van der Waals surface area contributed by atoms with E-state index in [-0.39, 0.29) is 29.7 Å². The fraction of sp³-hybridized carbons (Fsp3) is 0.333. The number of carbonyl (C=O) groups is 2. The Kier molecular flexibility index (Phi) is 6.91. The van der Waals surface area contributed by atoms with Crippen LogP contribution in [0.1, 0.15) is 20.3 Å². The molecule has 3 rings (SSSR count). The lowest BCUT2D eigenvalue weighted by Crippen LogP contribution is -2.34. The van der Waals surface area contributed by atoms with Crippen molar-refractivity contribution < 1.29 is 22.4 Å². The first-order valence-corrected chi connectivity index (χ1v) is 11.4. The number of anilines is 3. The molecule has 166 valence electrons. The Morgan fingerprint density at radius 3 is 2.48 bits per heavy atom. The van der Waals surface area contributed by atoms with Gasteiger partial charge in [0.25, 0.3) is 0 Å². The molecule has 0 saturated carbocycles. The van der Waals surface area contributed by atoms with Gasteiger partial charge in [0.1, 0.15) is 5.82 Å². The summed E-state index contributed by atoms with van der Waals surface area (Å²) < 4.78 is 40.0. The molecule has 0 atom stereocenters. The van der Waals surface area contributed by atoms with Crippen LogP contribution in [0.4, 0.5) is 21.5 Å². The van der Waals surface area contributed by atoms with Crippen molar-refractivity contribution in [2.24, 2.45) is 0 Å². The number of halogens is 1. The predicted molar refractivity (Wildman–Crippen MR) is 117 cm³/mol. The molecular formula is C21H25FN4O4S. The Labute approximate surface area is 181 Å². The van der Waals surface area contributed by atoms with Crippen molar-refractivity contribution in [1.29, 1.82) is 0 Å². The monoisotopic (exact) mass is 448 g/mol. The summed E-state index contributed by atoms with van der Waals surface area (Å²) >= 11 is 0. The quantitative estimate of drug-likeness (QED) is 0.679. The number of sulfonamides is 1. The van der Waals surface area contributed by atoms with Crippen LogP contribution >= 0.6 is 0 Å². The highest BCUT2D eigenvalue weighted by atomic mass is 32.2. The van der Waals surface area contributed by atoms with Crippen LogP contribution in [0.5, 0.6) is 0 Å². The van der Waals surface area contributed by atoms with Crippen molar-refractivity contribution in [3.8, 4) is 0 Å². The summed E-state index contributed by atoms with van der Waals surface area (Å²) in [5.74, 6) is -1.08. The first kappa shape index (κ1) is 22.7. The van der Waals surface area contributed by atoms with E-state index in [0.29, 0.717) is 36.7 Å². The van der Waals surface area contributed by atoms with Crippen LogP contribution < -0.4 is 15.5 Å². The third kappa shape index (κ3) is 5.20. The maximum absolute atomic E-state index is 13.5. The smallest absolute Gasteiger partial charge is 0.243 e. The zero-order valence-corrected chi connectivity index (χ0v) is 18.2. The predicted octanol–water partition coefficient (Wildman–Crippen LogP) is 2.64. The largest absolute Gasteiger partial charge is 0.360 e. The van der Waals surface area contributed by atoms with Crippen molar-refractivity contribution in [3.63, 3.8) is 0 Å². The van der Waals surface area contributed by atoms with Gasteiger partial charge in [-0.3, -0.25) is 9.59 Å². The van der Waals surface area contributed by atoms with E-state index >= 15 is 0 Å². The number of benzene rings is 2. The molecule has 2 N–H and O–H groups in total. The van der Waals surface area contributed by atoms with Gasteiger partial charge in [-0.05, 0) is 42.5 Å². The highest BCUT2D eigenvalue weighted by Gasteiger charge is 2.23. The Morgan fingerprint density at radius 2 is 1.84 bits per heavy atom. The minimum absolute atomic E-state index is 0.0485. The zero-order valence-electron chi connectivity index (χ0n) is 17.4. The second-order valence-electron chi connectivity index (χ2n) is 7.04. The Morgan fingerprint density at radius 1 is 1.16 bits per heavy atom. The number of carbonyl (C=O) groups excluding carboxylic acids is 2. The van der Waals surface area contributed by atoms with E-state index < -0.39 is 15.8 Å². The molecule has 0 unspecified atom stereocenters. The molecule has 2 amide bonds. The minimum Gasteiger partial charge on any atom is -0.360 e. The third-order valence-electron chi connectivity index (χ3n) is 5.00. The van der Waals surface area contributed by atoms with Gasteiger partial charge in [-0.2, -0.15) is 4.31 Å². The number of hydrogen-bond donors (Lipinski definition) is 2. The molecule has 8 nitrogen and oxygen atoms in total. The Hall–Kier alpha value is -2.98. The Balaban J connectivity index is 1.71. The molecule has 0 aliphatic carbocycles. The van der Waals surface area contributed by atoms with E-state index in [4.69, 9.17) is 0 Å². The normalized spacial score (nSPS) is 14.1. The number of fused-ring (bicyclic) bond motifs is 1. The lowest BCUT2D eigenvalue weighted by molar-refractivity contribution is -0.117. The first-order valence-electron chi connectivity index (χ1n) is 9.99. The molecule has 2 aromatic carbocycles. The molecule has 0 radical (unpaired) electrons. The number of hydrogen-bond acceptors (Lipinski definition) is 5. The fourth-order valence-corrected chi connectivity index (χ4v) is 4.87. The summed E-state index contributed by atoms with van der Waals surface area (Å²) in [6, 6.07) is 9.99. The summed E-state index contributed by atoms with van der Waals surface area (Å²) in [5.41, 5.74) is 1.33. The molecule has 31 heavy (non-hydrogen) atoms. The fourth-order valence-electron chi connectivity index (χ4n) is 3.41. The van der Waals surface area contributed by atoms with Gasteiger partial charge in [-0.1, -0.05) is 13.8 Å². The molecule has 0 saturated heterocycles. The van der Waals surface area contributed by atoms with Crippen LogP contribution in [-0.4, -0.2) is 50.7 Å². The molecular weight excluding hydrogens is 423 g/mol. The van der Waals surface area contributed by atoms with Crippen LogP contribution in [-0.2, 0) is 19.6 Å². The van der Waals surface area contributed by atoms with Crippen molar-refractivity contribution in [2.75, 3.05) is 41.7 Å². The van der Waals surface area contributed by atoms with E-state index in [9.17, 15) is 22.4 Å². The van der Waals surface area contributed by atoms with Gasteiger partial charge in [0.15, 0.2) is 0 Å². The molecule has 0 fully saturated rings. The van der Waals surface area contributed by atoms with Crippen LogP contribution in [0, 0.1) is 5.82 Å². The highest BCUT2D eigenvalue weighted by molar-refractivity contribution is 7.89. The van der Waals surface area contributed by atoms with Crippen molar-refractivity contribution in [1.82, 2.24) is 4.31 Å². The average Bonchev–Trinajstić information content (AvgIpc) is 2.87. The van der Waals surface area contributed by atoms with Crippen LogP contribution in [0.25, 0.3) is 0 Å². The standard InChI is InChI=1S/C21H25FN4O4S/c1-3-26(4-2)31(29,30)17-8-6-16(7-9-17)23-21(28)14-25-12-11-20(27)24-18-13-15(22)5-10-19(18)25/h5-10,13H,3-4,11-12,14H2,1-2H3,(H,23,28)(H,24,27). The van der Waals surface area contributed by atoms with E-state index in [1.54, 1.807) is 18.7 Å². The maximum Gasteiger partial charge on any atom is 0.243 e.